The van der Waals surface area contributed by atoms with Crippen molar-refractivity contribution in [3.05, 3.63) is 71.4 Å². The molecule has 2 heterocycles. The average molecular weight is 479 g/mol. The summed E-state index contributed by atoms with van der Waals surface area (Å²) in [5.74, 6) is -1.05. The van der Waals surface area contributed by atoms with Crippen LogP contribution in [-0.2, 0) is 16.6 Å². The Kier molecular flexibility index (Phi) is 5.74. The molecule has 1 aromatic heterocycles. The Balaban J connectivity index is 1.30. The third-order valence-corrected chi connectivity index (χ3v) is 7.06. The molecule has 2 aliphatic rings. The van der Waals surface area contributed by atoms with Gasteiger partial charge in [-0.25, -0.2) is 9.59 Å². The van der Waals surface area contributed by atoms with Crippen molar-refractivity contribution < 1.29 is 24.2 Å². The first-order valence-corrected chi connectivity index (χ1v) is 11.9. The maximum atomic E-state index is 13.0. The van der Waals surface area contributed by atoms with Gasteiger partial charge in [-0.2, -0.15) is 5.10 Å². The summed E-state index contributed by atoms with van der Waals surface area (Å²) >= 11 is 1.36. The van der Waals surface area contributed by atoms with E-state index >= 15 is 0 Å². The fourth-order valence-electron chi connectivity index (χ4n) is 4.47. The number of carbonyl (C=O) groups excluding carboxylic acids is 2. The van der Waals surface area contributed by atoms with Crippen LogP contribution in [0.4, 0.5) is 10.6 Å². The predicted molar refractivity (Wildman–Crippen MR) is 127 cm³/mol. The van der Waals surface area contributed by atoms with Gasteiger partial charge in [0.15, 0.2) is 5.82 Å². The molecule has 5 rings (SSSR count). The number of nitrogens with zero attached hydrogens (tertiary/aromatic N) is 3. The topological polar surface area (TPSA) is 114 Å². The number of aryl methyl sites for hydroxylation is 1. The fourth-order valence-corrected chi connectivity index (χ4v) is 5.62. The molecule has 1 aliphatic heterocycles. The molecule has 0 spiro atoms. The number of carbonyl (C=O) groups is 3. The number of fused-ring (bicyclic) bond motifs is 3. The maximum Gasteiger partial charge on any atom is 0.412 e. The van der Waals surface area contributed by atoms with E-state index in [0.717, 1.165) is 22.3 Å². The lowest BCUT2D eigenvalue weighted by atomic mass is 9.98. The Hall–Kier alpha value is -3.79. The molecule has 1 fully saturated rings. The summed E-state index contributed by atoms with van der Waals surface area (Å²) < 4.78 is 6.94. The molecule has 2 aromatic carbocycles. The number of amides is 2. The molecule has 174 valence electrons. The highest BCUT2D eigenvalue weighted by Gasteiger charge is 2.37. The zero-order valence-corrected chi connectivity index (χ0v) is 19.1. The number of ether oxygens (including phenoxy) is 1. The summed E-state index contributed by atoms with van der Waals surface area (Å²) in [6.07, 6.45) is 0.726. The van der Waals surface area contributed by atoms with Crippen molar-refractivity contribution >= 4 is 35.5 Å². The lowest BCUT2D eigenvalue weighted by Gasteiger charge is -2.20. The molecule has 1 atom stereocenters. The molecule has 1 saturated heterocycles. The third kappa shape index (κ3) is 3.90. The van der Waals surface area contributed by atoms with Crippen LogP contribution in [0.15, 0.2) is 54.7 Å². The molecule has 1 aliphatic carbocycles. The van der Waals surface area contributed by atoms with E-state index in [2.05, 4.69) is 22.5 Å². The summed E-state index contributed by atoms with van der Waals surface area (Å²) in [7, 11) is 1.62. The lowest BCUT2D eigenvalue weighted by molar-refractivity contribution is -0.140. The Labute approximate surface area is 199 Å². The number of carboxylic acid groups (broad SMARTS) is 1. The number of hydrogen-bond donors (Lipinski definition) is 2. The Morgan fingerprint density at radius 1 is 1.12 bits per heavy atom. The van der Waals surface area contributed by atoms with E-state index in [9.17, 15) is 19.5 Å². The first-order chi connectivity index (χ1) is 16.4. The van der Waals surface area contributed by atoms with Gasteiger partial charge in [0.25, 0.3) is 5.91 Å². The molecule has 3 aromatic rings. The minimum Gasteiger partial charge on any atom is -0.480 e. The third-order valence-electron chi connectivity index (χ3n) is 6.05. The van der Waals surface area contributed by atoms with Crippen LogP contribution < -0.4 is 5.32 Å². The van der Waals surface area contributed by atoms with Crippen molar-refractivity contribution in [2.24, 2.45) is 7.05 Å². The molecule has 0 saturated carbocycles. The molecule has 10 heteroatoms. The van der Waals surface area contributed by atoms with Crippen LogP contribution in [0.5, 0.6) is 0 Å². The fraction of sp³-hybridized carbons (Fsp3) is 0.250. The second kappa shape index (κ2) is 8.86. The lowest BCUT2D eigenvalue weighted by Crippen LogP contribution is -2.41. The second-order valence-electron chi connectivity index (χ2n) is 8.14. The first kappa shape index (κ1) is 22.0. The smallest absolute Gasteiger partial charge is 0.412 e. The van der Waals surface area contributed by atoms with Crippen LogP contribution in [0.25, 0.3) is 11.1 Å². The van der Waals surface area contributed by atoms with Crippen molar-refractivity contribution in [2.45, 2.75) is 12.0 Å². The highest BCUT2D eigenvalue weighted by molar-refractivity contribution is 7.99. The van der Waals surface area contributed by atoms with Crippen molar-refractivity contribution in [3.8, 4) is 11.1 Å². The van der Waals surface area contributed by atoms with E-state index in [1.54, 1.807) is 7.05 Å². The van der Waals surface area contributed by atoms with Crippen LogP contribution in [0.3, 0.4) is 0 Å². The molecule has 0 bridgehead atoms. The van der Waals surface area contributed by atoms with Crippen molar-refractivity contribution in [3.63, 3.8) is 0 Å². The molecule has 9 nitrogen and oxygen atoms in total. The second-order valence-corrected chi connectivity index (χ2v) is 9.14. The number of anilines is 1. The van der Waals surface area contributed by atoms with Gasteiger partial charge in [0.2, 0.25) is 0 Å². The zero-order valence-electron chi connectivity index (χ0n) is 18.3. The minimum absolute atomic E-state index is 0.0331. The summed E-state index contributed by atoms with van der Waals surface area (Å²) in [6, 6.07) is 15.2. The van der Waals surface area contributed by atoms with Gasteiger partial charge >= 0.3 is 12.1 Å². The molecular weight excluding hydrogens is 456 g/mol. The van der Waals surface area contributed by atoms with E-state index in [1.807, 2.05) is 36.4 Å². The van der Waals surface area contributed by atoms with Gasteiger partial charge in [-0.1, -0.05) is 48.5 Å². The number of benzene rings is 2. The van der Waals surface area contributed by atoms with Crippen LogP contribution in [0, 0.1) is 0 Å². The molecule has 0 radical (unpaired) electrons. The quantitative estimate of drug-likeness (QED) is 0.578. The van der Waals surface area contributed by atoms with Crippen LogP contribution in [0.1, 0.15) is 27.4 Å². The van der Waals surface area contributed by atoms with Gasteiger partial charge in [0.05, 0.1) is 5.88 Å². The number of nitrogens with one attached hydrogen (secondary N) is 1. The average Bonchev–Trinajstić information content (AvgIpc) is 3.53. The number of rotatable bonds is 5. The van der Waals surface area contributed by atoms with E-state index < -0.39 is 24.0 Å². The Morgan fingerprint density at radius 2 is 1.76 bits per heavy atom. The van der Waals surface area contributed by atoms with Crippen molar-refractivity contribution in [1.82, 2.24) is 14.7 Å². The molecule has 2 amide bonds. The van der Waals surface area contributed by atoms with Gasteiger partial charge in [0.1, 0.15) is 18.2 Å². The SMILES string of the molecule is Cn1cc(C(=O)N2CSCC2C(=O)O)c(NC(=O)OCC2c3ccccc3-c3ccccc32)n1. The molecule has 2 N–H and O–H groups in total. The Morgan fingerprint density at radius 3 is 2.41 bits per heavy atom. The zero-order chi connectivity index (χ0) is 23.8. The first-order valence-electron chi connectivity index (χ1n) is 10.7. The van der Waals surface area contributed by atoms with Gasteiger partial charge in [-0.05, 0) is 22.3 Å². The summed E-state index contributed by atoms with van der Waals surface area (Å²) in [6.45, 7) is 0.125. The standard InChI is InChI=1S/C24H22N4O5S/c1-27-10-18(22(29)28-13-34-12-20(28)23(30)31)21(26-27)25-24(32)33-11-19-16-8-4-2-6-14(16)15-7-3-5-9-17(15)19/h2-10,19-20H,11-13H2,1H3,(H,30,31)(H,25,26,32). The number of carboxylic acids is 1. The number of aliphatic carboxylic acids is 1. The van der Waals surface area contributed by atoms with Gasteiger partial charge in [0, 0.05) is 24.9 Å². The van der Waals surface area contributed by atoms with Crippen LogP contribution >= 0.6 is 11.8 Å². The molecular formula is C24H22N4O5S. The predicted octanol–water partition coefficient (Wildman–Crippen LogP) is 3.38. The number of thioether (sulfide) groups is 1. The monoisotopic (exact) mass is 478 g/mol. The van der Waals surface area contributed by atoms with Crippen LogP contribution in [0.2, 0.25) is 0 Å². The summed E-state index contributed by atoms with van der Waals surface area (Å²) in [5.41, 5.74) is 4.56. The van der Waals surface area contributed by atoms with Crippen molar-refractivity contribution in [1.29, 1.82) is 0 Å². The van der Waals surface area contributed by atoms with E-state index in [-0.39, 0.29) is 29.8 Å². The minimum atomic E-state index is -1.06. The maximum absolute atomic E-state index is 13.0. The van der Waals surface area contributed by atoms with Crippen LogP contribution in [-0.4, -0.2) is 62.0 Å². The van der Waals surface area contributed by atoms with E-state index in [0.29, 0.717) is 5.75 Å². The number of hydrogen-bond acceptors (Lipinski definition) is 6. The summed E-state index contributed by atoms with van der Waals surface area (Å²) in [4.78, 5) is 38.4. The van der Waals surface area contributed by atoms with Crippen molar-refractivity contribution in [2.75, 3.05) is 23.6 Å². The normalized spacial score (nSPS) is 16.7. The molecule has 34 heavy (non-hydrogen) atoms. The van der Waals surface area contributed by atoms with E-state index in [1.165, 1.54) is 27.5 Å². The highest BCUT2D eigenvalue weighted by Crippen LogP contribution is 2.44. The van der Waals surface area contributed by atoms with E-state index in [4.69, 9.17) is 4.74 Å². The Bertz CT molecular complexity index is 1240. The van der Waals surface area contributed by atoms with Gasteiger partial charge < -0.3 is 14.7 Å². The van der Waals surface area contributed by atoms with Gasteiger partial charge in [-0.3, -0.25) is 14.8 Å². The van der Waals surface area contributed by atoms with Gasteiger partial charge in [-0.15, -0.1) is 11.8 Å². The number of aromatic nitrogens is 2. The largest absolute Gasteiger partial charge is 0.480 e. The summed E-state index contributed by atoms with van der Waals surface area (Å²) in [5, 5.41) is 16.1. The highest BCUT2D eigenvalue weighted by atomic mass is 32.2. The molecule has 1 unspecified atom stereocenters.